The van der Waals surface area contributed by atoms with E-state index < -0.39 is 256 Å². The molecule has 21 N–H and O–H groups in total. The van der Waals surface area contributed by atoms with Gasteiger partial charge in [-0.15, -0.1) is 23.5 Å². The van der Waals surface area contributed by atoms with Crippen molar-refractivity contribution in [3.05, 3.63) is 59.7 Å². The van der Waals surface area contributed by atoms with Crippen LogP contribution in [0.5, 0.6) is 11.5 Å². The number of hydrogen-bond donors (Lipinski definition) is 19. The minimum atomic E-state index is -1.95. The van der Waals surface area contributed by atoms with Gasteiger partial charge in [0, 0.05) is 48.8 Å². The Morgan fingerprint density at radius 3 is 1.81 bits per heavy atom. The van der Waals surface area contributed by atoms with Gasteiger partial charge in [0.05, 0.1) is 29.2 Å². The summed E-state index contributed by atoms with van der Waals surface area (Å²) in [5.41, 5.74) is 12.2. The molecule has 5 bridgehead atoms. The minimum Gasteiger partial charge on any atom is -0.508 e. The largest absolute Gasteiger partial charge is 0.508 e. The van der Waals surface area contributed by atoms with Gasteiger partial charge in [0.1, 0.15) is 84.0 Å². The maximum Gasteiger partial charge on any atom is 0.326 e. The Hall–Kier alpha value is -9.12. The van der Waals surface area contributed by atoms with Crippen molar-refractivity contribution in [2.75, 3.05) is 36.1 Å². The lowest BCUT2D eigenvalue weighted by atomic mass is 9.76. The van der Waals surface area contributed by atoms with Crippen molar-refractivity contribution in [2.45, 2.75) is 201 Å². The standard InChI is InChI=1S/C69H97N15O21S4/c1-7-39-32(2)69-21-20-68(5,6)26-40(70)56(93)80-45(28-106-69)59(96)75-41(18-19-52(90)91)57(94)76-42(23-35-10-14-37(86)15-11-35)58(95)81-48-31-109-108-30-47(60(97)78-44(67(104)105)24-36-12-16-38(87)17-13-36)74-51(89)27-72-64(101)53(34(4)85)82-61(98)46(29-107-69)79-55(92)33(3)73-63(100)49-9-8-22-84(49)66(103)43(25-50(71)88)77-65(102)54(39)83-62(48)99/h10-17,32-34,39-49,53-54,85-87H,7-9,18-31,70H2,1-6H3,(H2,71,88)(H,72,101)(H,73,100)(H,74,89)(H,75,96)(H,76,94)(H,77,102)(H,78,97)(H,79,92)(H,80,93)(H,81,95)(H,82,98)(H,83,99)(H,90,91)(H,104,105)/t32?,33-,34+,39+,40-,41-,42-,43-,44-,45-,46-,47-,48-,49-,53-,54-,69?/m0/s1. The Bertz CT molecular complexity index is 3730. The molecule has 598 valence electrons. The van der Waals surface area contributed by atoms with Crippen LogP contribution in [0, 0.1) is 17.3 Å². The van der Waals surface area contributed by atoms with E-state index in [1.807, 2.05) is 0 Å². The average Bonchev–Trinajstić information content (AvgIpc) is 1.62. The summed E-state index contributed by atoms with van der Waals surface area (Å²) in [7, 11) is 1.54. The van der Waals surface area contributed by atoms with E-state index in [0.29, 0.717) is 5.56 Å². The fourth-order valence-electron chi connectivity index (χ4n) is 13.3. The molecule has 2 aromatic carbocycles. The summed E-state index contributed by atoms with van der Waals surface area (Å²) >= 11 is 1.96. The van der Waals surface area contributed by atoms with Gasteiger partial charge in [-0.25, -0.2) is 4.79 Å². The van der Waals surface area contributed by atoms with Gasteiger partial charge < -0.3 is 106 Å². The third-order valence-electron chi connectivity index (χ3n) is 19.5. The number of aromatic hydroxyl groups is 2. The van der Waals surface area contributed by atoms with Crippen LogP contribution in [0.15, 0.2) is 48.5 Å². The number of carbonyl (C=O) groups excluding carboxylic acids is 14. The first-order valence-corrected chi connectivity index (χ1v) is 40.0. The van der Waals surface area contributed by atoms with Crippen LogP contribution in [-0.2, 0) is 89.6 Å². The summed E-state index contributed by atoms with van der Waals surface area (Å²) in [6.07, 6.45) is -4.73. The molecule has 40 heteroatoms. The van der Waals surface area contributed by atoms with Crippen molar-refractivity contribution >= 4 is 140 Å². The van der Waals surface area contributed by atoms with Gasteiger partial charge in [-0.2, -0.15) is 0 Å². The third kappa shape index (κ3) is 24.7. The van der Waals surface area contributed by atoms with Crippen LogP contribution in [0.4, 0.5) is 0 Å². The fourth-order valence-corrected chi connectivity index (χ4v) is 19.1. The van der Waals surface area contributed by atoms with E-state index >= 15 is 28.8 Å². The topological polar surface area (TPSA) is 574 Å². The van der Waals surface area contributed by atoms with Gasteiger partial charge in [0.15, 0.2) is 0 Å². The van der Waals surface area contributed by atoms with E-state index in [9.17, 15) is 73.5 Å². The number of aliphatic carboxylic acids is 2. The second-order valence-corrected chi connectivity index (χ2v) is 33.9. The van der Waals surface area contributed by atoms with Crippen molar-refractivity contribution in [1.82, 2.24) is 68.7 Å². The second-order valence-electron chi connectivity index (χ2n) is 28.4. The average molecular weight is 1600 g/mol. The van der Waals surface area contributed by atoms with E-state index in [0.717, 1.165) is 56.9 Å². The maximum atomic E-state index is 16.1. The number of carboxylic acids is 2. The molecule has 0 aliphatic carbocycles. The van der Waals surface area contributed by atoms with Crippen LogP contribution >= 0.6 is 45.1 Å². The number of primary amides is 1. The van der Waals surface area contributed by atoms with Crippen molar-refractivity contribution in [3.63, 3.8) is 0 Å². The van der Waals surface area contributed by atoms with Crippen LogP contribution in [0.25, 0.3) is 0 Å². The Labute approximate surface area is 644 Å². The normalized spacial score (nSPS) is 30.0. The molecular weight excluding hydrogens is 1500 g/mol. The molecule has 0 saturated carbocycles. The zero-order valence-electron chi connectivity index (χ0n) is 60.9. The molecule has 5 fully saturated rings. The number of amides is 14. The van der Waals surface area contributed by atoms with Gasteiger partial charge in [0.25, 0.3) is 0 Å². The predicted molar refractivity (Wildman–Crippen MR) is 399 cm³/mol. The number of phenolic OH excluding ortho intramolecular Hbond substituents is 2. The van der Waals surface area contributed by atoms with Crippen molar-refractivity contribution in [1.29, 1.82) is 0 Å². The van der Waals surface area contributed by atoms with Gasteiger partial charge in [-0.3, -0.25) is 71.9 Å². The van der Waals surface area contributed by atoms with Gasteiger partial charge in [0.2, 0.25) is 82.7 Å². The zero-order valence-corrected chi connectivity index (χ0v) is 64.1. The molecule has 109 heavy (non-hydrogen) atoms. The van der Waals surface area contributed by atoms with Gasteiger partial charge >= 0.3 is 11.9 Å². The summed E-state index contributed by atoms with van der Waals surface area (Å²) < 4.78 is -1.60. The molecule has 2 unspecified atom stereocenters. The molecule has 17 atom stereocenters. The number of thioether (sulfide) groups is 2. The lowest BCUT2D eigenvalue weighted by Gasteiger charge is -2.46. The van der Waals surface area contributed by atoms with Crippen molar-refractivity contribution in [3.8, 4) is 11.5 Å². The maximum absolute atomic E-state index is 16.1. The monoisotopic (exact) mass is 1600 g/mol. The molecule has 36 nitrogen and oxygen atoms in total. The highest BCUT2D eigenvalue weighted by Gasteiger charge is 2.50. The van der Waals surface area contributed by atoms with Crippen LogP contribution in [0.1, 0.15) is 110 Å². The van der Waals surface area contributed by atoms with Crippen LogP contribution in [0.2, 0.25) is 0 Å². The number of benzene rings is 2. The Morgan fingerprint density at radius 1 is 0.642 bits per heavy atom. The predicted octanol–water partition coefficient (Wildman–Crippen LogP) is -3.67. The van der Waals surface area contributed by atoms with Crippen LogP contribution < -0.4 is 75.3 Å². The molecule has 5 saturated heterocycles. The molecule has 7 rings (SSSR count). The molecular formula is C69H97N15O21S4. The summed E-state index contributed by atoms with van der Waals surface area (Å²) in [5.74, 6) is -22.9. The molecule has 5 heterocycles. The highest BCUT2D eigenvalue weighted by atomic mass is 33.1. The summed E-state index contributed by atoms with van der Waals surface area (Å²) in [5, 5.41) is 82.8. The summed E-state index contributed by atoms with van der Waals surface area (Å²) in [4.78, 5) is 234. The number of carboxylic acid groups (broad SMARTS) is 2. The number of nitrogens with two attached hydrogens (primary N) is 2. The number of aliphatic hydroxyl groups is 1. The van der Waals surface area contributed by atoms with E-state index in [4.69, 9.17) is 11.5 Å². The third-order valence-corrected chi connectivity index (χ3v) is 25.8. The summed E-state index contributed by atoms with van der Waals surface area (Å²) in [6.45, 7) is 8.18. The van der Waals surface area contributed by atoms with E-state index in [2.05, 4.69) is 63.8 Å². The molecule has 2 aromatic rings. The van der Waals surface area contributed by atoms with Crippen LogP contribution in [-0.4, -0.2) is 250 Å². The smallest absolute Gasteiger partial charge is 0.326 e. The fraction of sp³-hybridized carbons (Fsp3) is 0.594. The number of nitrogens with one attached hydrogen (secondary N) is 12. The number of carbonyl (C=O) groups is 16. The zero-order chi connectivity index (χ0) is 80.4. The number of rotatable bonds is 14. The molecule has 5 aliphatic rings. The summed E-state index contributed by atoms with van der Waals surface area (Å²) in [6, 6.07) is -11.6. The SMILES string of the molecule is CC[C@@H]1C(C)C23CCC(C)(C)C[C@H](N)C(=O)N[C@@H](CS2)C(=O)N[C@@H](CCC(=O)O)C(=O)N[C@@H](Cc2ccc(O)cc2)C(=O)N[C@H]2CSSC[C@@H](C(=O)N[C@@H](Cc4ccc(O)cc4)C(=O)O)NC(=O)CNC(=O)[C@H]([C@@H](C)O)NC(=O)[C@H](CS3)NC(=O)[C@H](C)NC(=O)[C@@H]3CCCN3C(=O)[C@H](CC(N)=O)NC(=O)[C@H]1NC2=O. The molecule has 1 spiro atoms. The minimum absolute atomic E-state index is 0.00732. The Kier molecular flexibility index (Phi) is 31.6. The number of phenols is 2. The highest BCUT2D eigenvalue weighted by Crippen LogP contribution is 2.53. The molecule has 5 aliphatic heterocycles. The number of aliphatic hydroxyl groups excluding tert-OH is 1. The quantitative estimate of drug-likeness (QED) is 0.0811. The first-order chi connectivity index (χ1) is 51.4. The van der Waals surface area contributed by atoms with Gasteiger partial charge in [-0.1, -0.05) is 80.0 Å². The molecule has 0 aromatic heterocycles. The lowest BCUT2D eigenvalue weighted by molar-refractivity contribution is -0.143. The molecule has 14 amide bonds. The van der Waals surface area contributed by atoms with Crippen molar-refractivity contribution < 1.29 is 102 Å². The van der Waals surface area contributed by atoms with Crippen LogP contribution in [0.3, 0.4) is 0 Å². The van der Waals surface area contributed by atoms with E-state index in [-0.39, 0.29) is 68.6 Å². The first-order valence-electron chi connectivity index (χ1n) is 35.5. The first kappa shape index (κ1) is 87.1. The number of nitrogens with zero attached hydrogens (tertiary/aromatic N) is 1. The lowest BCUT2D eigenvalue weighted by Crippen LogP contribution is -2.63. The number of fused-ring (bicyclic) bond motifs is 7. The van der Waals surface area contributed by atoms with E-state index in [1.54, 1.807) is 27.7 Å². The second kappa shape index (κ2) is 39.5. The highest BCUT2D eigenvalue weighted by molar-refractivity contribution is 8.76. The molecule has 0 radical (unpaired) electrons. The Morgan fingerprint density at radius 2 is 1.20 bits per heavy atom. The van der Waals surface area contributed by atoms with E-state index in [1.165, 1.54) is 55.5 Å². The number of hydrogen-bond acceptors (Lipinski definition) is 24. The van der Waals surface area contributed by atoms with Crippen molar-refractivity contribution in [2.24, 2.45) is 28.7 Å². The van der Waals surface area contributed by atoms with Gasteiger partial charge in [-0.05, 0) is 105 Å². The Balaban J connectivity index is 1.52.